The number of imidazole rings is 1. The van der Waals surface area contributed by atoms with Gasteiger partial charge in [-0.2, -0.15) is 0 Å². The van der Waals surface area contributed by atoms with E-state index in [2.05, 4.69) is 4.98 Å². The van der Waals surface area contributed by atoms with E-state index in [0.29, 0.717) is 5.82 Å². The van der Waals surface area contributed by atoms with Gasteiger partial charge in [-0.05, 0) is 13.3 Å². The Labute approximate surface area is 107 Å². The lowest BCUT2D eigenvalue weighted by atomic mass is 10.1. The standard InChI is InChI=1S/C11H19N3O3S/c1-3-14-6-5-13-11(14)8-10(15)9(12)4-7-18(2,16)17/h5-6,9H,3-4,7-8,12H2,1-2H3. The lowest BCUT2D eigenvalue weighted by Crippen LogP contribution is -2.34. The molecule has 0 aromatic carbocycles. The largest absolute Gasteiger partial charge is 0.335 e. The molecule has 0 aliphatic rings. The number of sulfone groups is 1. The van der Waals surface area contributed by atoms with Crippen molar-refractivity contribution in [2.45, 2.75) is 32.4 Å². The number of Topliss-reactive ketones (excluding diaryl/α,β-unsaturated/α-hetero) is 1. The zero-order chi connectivity index (χ0) is 13.8. The number of hydrogen-bond acceptors (Lipinski definition) is 5. The number of aryl methyl sites for hydroxylation is 1. The average molecular weight is 273 g/mol. The number of rotatable bonds is 7. The highest BCUT2D eigenvalue weighted by Gasteiger charge is 2.18. The van der Waals surface area contributed by atoms with Crippen LogP contribution >= 0.6 is 0 Å². The molecule has 1 unspecified atom stereocenters. The van der Waals surface area contributed by atoms with Crippen molar-refractivity contribution in [3.05, 3.63) is 18.2 Å². The molecule has 7 heteroatoms. The first-order valence-electron chi connectivity index (χ1n) is 5.79. The normalized spacial score (nSPS) is 13.5. The Kier molecular flexibility index (Phi) is 5.03. The predicted molar refractivity (Wildman–Crippen MR) is 68.9 cm³/mol. The van der Waals surface area contributed by atoms with Gasteiger partial charge in [-0.25, -0.2) is 13.4 Å². The van der Waals surface area contributed by atoms with Crippen molar-refractivity contribution < 1.29 is 13.2 Å². The van der Waals surface area contributed by atoms with E-state index in [-0.39, 0.29) is 24.4 Å². The summed E-state index contributed by atoms with van der Waals surface area (Å²) in [5, 5.41) is 0. The lowest BCUT2D eigenvalue weighted by molar-refractivity contribution is -0.119. The van der Waals surface area contributed by atoms with Crippen LogP contribution in [-0.2, 0) is 27.6 Å². The summed E-state index contributed by atoms with van der Waals surface area (Å²) in [4.78, 5) is 15.9. The number of carbonyl (C=O) groups excluding carboxylic acids is 1. The van der Waals surface area contributed by atoms with Gasteiger partial charge in [-0.1, -0.05) is 0 Å². The SMILES string of the molecule is CCn1ccnc1CC(=O)C(N)CCS(C)(=O)=O. The molecule has 0 bridgehead atoms. The maximum atomic E-state index is 11.8. The van der Waals surface area contributed by atoms with Crippen LogP contribution < -0.4 is 5.73 Å². The van der Waals surface area contributed by atoms with E-state index in [1.165, 1.54) is 0 Å². The summed E-state index contributed by atoms with van der Waals surface area (Å²) in [6, 6.07) is -0.748. The lowest BCUT2D eigenvalue weighted by Gasteiger charge is -2.10. The highest BCUT2D eigenvalue weighted by atomic mass is 32.2. The fourth-order valence-electron chi connectivity index (χ4n) is 1.58. The van der Waals surface area contributed by atoms with Gasteiger partial charge in [0.25, 0.3) is 0 Å². The molecule has 0 radical (unpaired) electrons. The second-order valence-corrected chi connectivity index (χ2v) is 6.56. The van der Waals surface area contributed by atoms with Crippen LogP contribution in [0, 0.1) is 0 Å². The summed E-state index contributed by atoms with van der Waals surface area (Å²) in [7, 11) is -3.08. The van der Waals surface area contributed by atoms with Gasteiger partial charge in [-0.15, -0.1) is 0 Å². The molecule has 0 fully saturated rings. The van der Waals surface area contributed by atoms with Crippen molar-refractivity contribution in [1.29, 1.82) is 0 Å². The minimum atomic E-state index is -3.08. The molecule has 0 spiro atoms. The number of nitrogens with two attached hydrogens (primary N) is 1. The molecule has 102 valence electrons. The minimum absolute atomic E-state index is 0.0673. The van der Waals surface area contributed by atoms with Crippen LogP contribution in [0.2, 0.25) is 0 Å². The summed E-state index contributed by atoms with van der Waals surface area (Å²) in [5.74, 6) is 0.416. The van der Waals surface area contributed by atoms with Crippen LogP contribution in [0.15, 0.2) is 12.4 Å². The van der Waals surface area contributed by atoms with Crippen molar-refractivity contribution in [3.63, 3.8) is 0 Å². The van der Waals surface area contributed by atoms with Gasteiger partial charge in [0, 0.05) is 25.2 Å². The van der Waals surface area contributed by atoms with E-state index in [9.17, 15) is 13.2 Å². The Morgan fingerprint density at radius 1 is 1.56 bits per heavy atom. The van der Waals surface area contributed by atoms with Gasteiger partial charge >= 0.3 is 0 Å². The molecule has 1 rings (SSSR count). The number of aromatic nitrogens is 2. The second kappa shape index (κ2) is 6.10. The van der Waals surface area contributed by atoms with Crippen LogP contribution in [0.3, 0.4) is 0 Å². The molecule has 0 saturated carbocycles. The Morgan fingerprint density at radius 3 is 2.78 bits per heavy atom. The summed E-state index contributed by atoms with van der Waals surface area (Å²) >= 11 is 0. The molecule has 6 nitrogen and oxygen atoms in total. The van der Waals surface area contributed by atoms with Crippen LogP contribution in [0.1, 0.15) is 19.2 Å². The molecule has 0 aliphatic carbocycles. The first-order valence-corrected chi connectivity index (χ1v) is 7.85. The molecule has 0 amide bonds. The number of nitrogens with zero attached hydrogens (tertiary/aromatic N) is 2. The zero-order valence-corrected chi connectivity index (χ0v) is 11.5. The third-order valence-corrected chi connectivity index (χ3v) is 3.67. The fraction of sp³-hybridized carbons (Fsp3) is 0.636. The topological polar surface area (TPSA) is 95.0 Å². The highest BCUT2D eigenvalue weighted by molar-refractivity contribution is 7.90. The average Bonchev–Trinajstić information content (AvgIpc) is 2.72. The Morgan fingerprint density at radius 2 is 2.22 bits per heavy atom. The van der Waals surface area contributed by atoms with Crippen molar-refractivity contribution in [2.24, 2.45) is 5.73 Å². The van der Waals surface area contributed by atoms with Gasteiger partial charge in [0.2, 0.25) is 0 Å². The second-order valence-electron chi connectivity index (χ2n) is 4.30. The van der Waals surface area contributed by atoms with Crippen molar-refractivity contribution in [3.8, 4) is 0 Å². The first kappa shape index (κ1) is 14.8. The number of carbonyl (C=O) groups is 1. The number of ketones is 1. The van der Waals surface area contributed by atoms with E-state index in [4.69, 9.17) is 5.73 Å². The van der Waals surface area contributed by atoms with Crippen LogP contribution in [0.5, 0.6) is 0 Å². The van der Waals surface area contributed by atoms with Crippen molar-refractivity contribution >= 4 is 15.6 Å². The molecule has 1 aromatic rings. The summed E-state index contributed by atoms with van der Waals surface area (Å²) in [6.45, 7) is 2.69. The quantitative estimate of drug-likeness (QED) is 0.741. The molecule has 1 aromatic heterocycles. The molecular formula is C11H19N3O3S. The predicted octanol–water partition coefficient (Wildman–Crippen LogP) is -0.223. The first-order chi connectivity index (χ1) is 8.33. The monoisotopic (exact) mass is 273 g/mol. The number of hydrogen-bond donors (Lipinski definition) is 1. The van der Waals surface area contributed by atoms with Gasteiger partial charge in [0.05, 0.1) is 18.2 Å². The zero-order valence-electron chi connectivity index (χ0n) is 10.7. The molecular weight excluding hydrogens is 254 g/mol. The van der Waals surface area contributed by atoms with E-state index in [1.807, 2.05) is 11.5 Å². The molecule has 0 saturated heterocycles. The molecule has 1 heterocycles. The summed E-state index contributed by atoms with van der Waals surface area (Å²) in [5.41, 5.74) is 5.68. The Balaban J connectivity index is 2.55. The maximum absolute atomic E-state index is 11.8. The maximum Gasteiger partial charge on any atom is 0.157 e. The summed E-state index contributed by atoms with van der Waals surface area (Å²) < 4.78 is 23.8. The van der Waals surface area contributed by atoms with Gasteiger partial charge in [0.1, 0.15) is 15.7 Å². The highest BCUT2D eigenvalue weighted by Crippen LogP contribution is 2.03. The van der Waals surface area contributed by atoms with Crippen molar-refractivity contribution in [2.75, 3.05) is 12.0 Å². The smallest absolute Gasteiger partial charge is 0.157 e. The molecule has 2 N–H and O–H groups in total. The van der Waals surface area contributed by atoms with Crippen LogP contribution in [0.25, 0.3) is 0 Å². The van der Waals surface area contributed by atoms with Gasteiger partial charge in [-0.3, -0.25) is 4.79 Å². The van der Waals surface area contributed by atoms with Crippen LogP contribution in [0.4, 0.5) is 0 Å². The van der Waals surface area contributed by atoms with Crippen molar-refractivity contribution in [1.82, 2.24) is 9.55 Å². The van der Waals surface area contributed by atoms with E-state index >= 15 is 0 Å². The fourth-order valence-corrected chi connectivity index (χ4v) is 2.27. The van der Waals surface area contributed by atoms with Gasteiger partial charge < -0.3 is 10.3 Å². The summed E-state index contributed by atoms with van der Waals surface area (Å²) in [6.07, 6.45) is 4.86. The van der Waals surface area contributed by atoms with Crippen LogP contribution in [-0.4, -0.2) is 41.8 Å². The third kappa shape index (κ3) is 4.58. The minimum Gasteiger partial charge on any atom is -0.335 e. The van der Waals surface area contributed by atoms with E-state index in [1.54, 1.807) is 12.4 Å². The van der Waals surface area contributed by atoms with Gasteiger partial charge in [0.15, 0.2) is 5.78 Å². The molecule has 1 atom stereocenters. The van der Waals surface area contributed by atoms with E-state index in [0.717, 1.165) is 12.8 Å². The third-order valence-electron chi connectivity index (χ3n) is 2.69. The molecule has 0 aliphatic heterocycles. The molecule has 18 heavy (non-hydrogen) atoms. The Hall–Kier alpha value is -1.21. The Bertz CT molecular complexity index is 507. The van der Waals surface area contributed by atoms with E-state index < -0.39 is 15.9 Å².